The van der Waals surface area contributed by atoms with E-state index in [2.05, 4.69) is 41.6 Å². The maximum absolute atomic E-state index is 6.36. The number of para-hydroxylation sites is 2. The van der Waals surface area contributed by atoms with Gasteiger partial charge >= 0.3 is 0 Å². The number of anilines is 1. The average Bonchev–Trinajstić information content (AvgIpc) is 3.31. The minimum atomic E-state index is -0.138. The topological polar surface area (TPSA) is 42.3 Å². The molecule has 7 heteroatoms. The number of methoxy groups -OCH3 is 1. The van der Waals surface area contributed by atoms with Crippen LogP contribution in [0.15, 0.2) is 72.9 Å². The number of nitrogens with one attached hydrogen (secondary N) is 1. The number of halogens is 1. The number of thiocarbonyl (C=S) groups is 1. The predicted molar refractivity (Wildman–Crippen MR) is 146 cm³/mol. The summed E-state index contributed by atoms with van der Waals surface area (Å²) in [6.45, 7) is 6.49. The zero-order chi connectivity index (χ0) is 24.7. The Kier molecular flexibility index (Phi) is 6.26. The first-order valence-electron chi connectivity index (χ1n) is 11.5. The van der Waals surface area contributed by atoms with Gasteiger partial charge in [0.15, 0.2) is 5.11 Å². The first-order valence-corrected chi connectivity index (χ1v) is 12.3. The lowest BCUT2D eigenvalue weighted by Crippen LogP contribution is -2.30. The molecule has 0 amide bonds. The van der Waals surface area contributed by atoms with Crippen LogP contribution in [-0.2, 0) is 0 Å². The highest BCUT2D eigenvalue weighted by molar-refractivity contribution is 7.80. The SMILES string of the molecule is COc1ccccc1N1C(=S)N[C@@H](c2ccccn2)[C@@H]1c1c(C)c(C)n(-c2cccc(Cl)c2)c1C. The van der Waals surface area contributed by atoms with Crippen molar-refractivity contribution in [2.45, 2.75) is 32.9 Å². The molecule has 1 fully saturated rings. The summed E-state index contributed by atoms with van der Waals surface area (Å²) in [5.74, 6) is 0.768. The second kappa shape index (κ2) is 9.36. The smallest absolute Gasteiger partial charge is 0.174 e. The van der Waals surface area contributed by atoms with Gasteiger partial charge in [0.25, 0.3) is 0 Å². The van der Waals surface area contributed by atoms with Crippen molar-refractivity contribution >= 4 is 34.6 Å². The summed E-state index contributed by atoms with van der Waals surface area (Å²) in [7, 11) is 1.69. The van der Waals surface area contributed by atoms with Crippen LogP contribution in [-0.4, -0.2) is 21.8 Å². The normalized spacial score (nSPS) is 17.5. The van der Waals surface area contributed by atoms with Gasteiger partial charge in [-0.2, -0.15) is 0 Å². The fourth-order valence-electron chi connectivity index (χ4n) is 5.18. The number of nitrogens with zero attached hydrogens (tertiary/aromatic N) is 3. The van der Waals surface area contributed by atoms with Gasteiger partial charge in [0, 0.05) is 33.9 Å². The Balaban J connectivity index is 1.75. The Hall–Kier alpha value is -3.35. The van der Waals surface area contributed by atoms with Crippen molar-refractivity contribution in [2.75, 3.05) is 12.0 Å². The summed E-state index contributed by atoms with van der Waals surface area (Å²) in [5, 5.41) is 4.91. The Morgan fingerprint density at radius 1 is 0.971 bits per heavy atom. The zero-order valence-electron chi connectivity index (χ0n) is 20.1. The summed E-state index contributed by atoms with van der Waals surface area (Å²) < 4.78 is 8.01. The molecule has 0 bridgehead atoms. The predicted octanol–water partition coefficient (Wildman–Crippen LogP) is 6.64. The number of benzene rings is 2. The van der Waals surface area contributed by atoms with Crippen molar-refractivity contribution in [3.05, 3.63) is 106 Å². The Labute approximate surface area is 216 Å². The fraction of sp³-hybridized carbons (Fsp3) is 0.214. The average molecular weight is 503 g/mol. The van der Waals surface area contributed by atoms with E-state index in [1.807, 2.05) is 66.9 Å². The molecule has 0 spiro atoms. The first kappa shape index (κ1) is 23.4. The lowest BCUT2D eigenvalue weighted by Gasteiger charge is -2.30. The fourth-order valence-corrected chi connectivity index (χ4v) is 5.70. The molecule has 1 saturated heterocycles. The van der Waals surface area contributed by atoms with E-state index in [1.54, 1.807) is 7.11 Å². The van der Waals surface area contributed by atoms with Gasteiger partial charge in [0.05, 0.1) is 30.6 Å². The Morgan fingerprint density at radius 2 is 1.74 bits per heavy atom. The van der Waals surface area contributed by atoms with Crippen LogP contribution in [0.1, 0.15) is 40.3 Å². The third-order valence-electron chi connectivity index (χ3n) is 6.81. The van der Waals surface area contributed by atoms with E-state index in [4.69, 9.17) is 33.5 Å². The molecule has 0 aliphatic carbocycles. The van der Waals surface area contributed by atoms with Crippen LogP contribution in [0.25, 0.3) is 5.69 Å². The lowest BCUT2D eigenvalue weighted by molar-refractivity contribution is 0.414. The van der Waals surface area contributed by atoms with E-state index in [9.17, 15) is 0 Å². The Morgan fingerprint density at radius 3 is 2.46 bits per heavy atom. The van der Waals surface area contributed by atoms with E-state index in [0.29, 0.717) is 10.1 Å². The molecule has 178 valence electrons. The highest BCUT2D eigenvalue weighted by Gasteiger charge is 2.44. The molecule has 2 atom stereocenters. The van der Waals surface area contributed by atoms with E-state index >= 15 is 0 Å². The molecule has 2 aromatic heterocycles. The molecule has 1 aliphatic rings. The van der Waals surface area contributed by atoms with Crippen LogP contribution < -0.4 is 15.0 Å². The third kappa shape index (κ3) is 3.97. The minimum Gasteiger partial charge on any atom is -0.495 e. The molecule has 4 aromatic rings. The van der Waals surface area contributed by atoms with Crippen LogP contribution in [0.2, 0.25) is 5.02 Å². The van der Waals surface area contributed by atoms with Crippen molar-refractivity contribution in [1.82, 2.24) is 14.9 Å². The maximum atomic E-state index is 6.36. The Bertz CT molecular complexity index is 1400. The monoisotopic (exact) mass is 502 g/mol. The maximum Gasteiger partial charge on any atom is 0.174 e. The van der Waals surface area contributed by atoms with Crippen molar-refractivity contribution in [3.8, 4) is 11.4 Å². The minimum absolute atomic E-state index is 0.132. The van der Waals surface area contributed by atoms with Crippen molar-refractivity contribution < 1.29 is 4.74 Å². The van der Waals surface area contributed by atoms with Gasteiger partial charge in [-0.25, -0.2) is 0 Å². The lowest BCUT2D eigenvalue weighted by atomic mass is 9.93. The third-order valence-corrected chi connectivity index (χ3v) is 7.36. The van der Waals surface area contributed by atoms with Crippen molar-refractivity contribution in [3.63, 3.8) is 0 Å². The van der Waals surface area contributed by atoms with Gasteiger partial charge in [-0.3, -0.25) is 4.98 Å². The number of hydrogen-bond acceptors (Lipinski definition) is 3. The number of pyridine rings is 1. The molecular weight excluding hydrogens is 476 g/mol. The number of aromatic nitrogens is 2. The van der Waals surface area contributed by atoms with Crippen LogP contribution in [0, 0.1) is 20.8 Å². The molecule has 2 aromatic carbocycles. The van der Waals surface area contributed by atoms with Crippen LogP contribution in [0.5, 0.6) is 5.75 Å². The first-order chi connectivity index (χ1) is 16.9. The summed E-state index contributed by atoms with van der Waals surface area (Å²) in [4.78, 5) is 6.87. The van der Waals surface area contributed by atoms with Crippen molar-refractivity contribution in [2.24, 2.45) is 0 Å². The molecule has 0 unspecified atom stereocenters. The largest absolute Gasteiger partial charge is 0.495 e. The van der Waals surface area contributed by atoms with Crippen LogP contribution in [0.3, 0.4) is 0 Å². The summed E-state index contributed by atoms with van der Waals surface area (Å²) >= 11 is 12.3. The molecule has 0 radical (unpaired) electrons. The zero-order valence-corrected chi connectivity index (χ0v) is 21.7. The standard InChI is InChI=1S/C28H27ClN4OS/c1-17-18(2)32(21-11-9-10-20(29)16-21)19(3)25(17)27-26(22-12-7-8-15-30-22)31-28(35)33(27)23-13-5-6-14-24(23)34-4/h5-16,26-27H,1-4H3,(H,31,35)/t26-,27-/m0/s1. The molecule has 0 saturated carbocycles. The quantitative estimate of drug-likeness (QED) is 0.310. The molecule has 35 heavy (non-hydrogen) atoms. The van der Waals surface area contributed by atoms with Gasteiger partial charge in [0.2, 0.25) is 0 Å². The molecule has 3 heterocycles. The van der Waals surface area contributed by atoms with Gasteiger partial charge in [-0.15, -0.1) is 0 Å². The van der Waals surface area contributed by atoms with E-state index in [1.165, 1.54) is 11.1 Å². The second-order valence-electron chi connectivity index (χ2n) is 8.69. The highest BCUT2D eigenvalue weighted by atomic mass is 35.5. The van der Waals surface area contributed by atoms with Gasteiger partial charge < -0.3 is 19.5 Å². The highest BCUT2D eigenvalue weighted by Crippen LogP contribution is 2.47. The second-order valence-corrected chi connectivity index (χ2v) is 9.52. The summed E-state index contributed by atoms with van der Waals surface area (Å²) in [6.07, 6.45) is 1.82. The number of rotatable bonds is 5. The number of hydrogen-bond donors (Lipinski definition) is 1. The summed E-state index contributed by atoms with van der Waals surface area (Å²) in [6, 6.07) is 21.7. The molecule has 1 N–H and O–H groups in total. The van der Waals surface area contributed by atoms with Gasteiger partial charge in [0.1, 0.15) is 5.75 Å². The van der Waals surface area contributed by atoms with Gasteiger partial charge in [-0.1, -0.05) is 35.9 Å². The van der Waals surface area contributed by atoms with E-state index in [-0.39, 0.29) is 12.1 Å². The summed E-state index contributed by atoms with van der Waals surface area (Å²) in [5.41, 5.74) is 7.61. The van der Waals surface area contributed by atoms with Crippen molar-refractivity contribution in [1.29, 1.82) is 0 Å². The van der Waals surface area contributed by atoms with E-state index in [0.717, 1.165) is 34.2 Å². The van der Waals surface area contributed by atoms with E-state index < -0.39 is 0 Å². The molecule has 5 nitrogen and oxygen atoms in total. The number of ether oxygens (including phenoxy) is 1. The van der Waals surface area contributed by atoms with Gasteiger partial charge in [-0.05, 0) is 81.0 Å². The molecule has 1 aliphatic heterocycles. The van der Waals surface area contributed by atoms with Crippen LogP contribution in [0.4, 0.5) is 5.69 Å². The molecular formula is C28H27ClN4OS. The van der Waals surface area contributed by atoms with Crippen LogP contribution >= 0.6 is 23.8 Å². The molecule has 5 rings (SSSR count).